The standard InChI is InChI=1S/C7H8S2.C2H6/c1-2-8-6-7-4-3-5-9-7;1-2/h2-5H,1,6H2;1-2H3. The minimum atomic E-state index is 1.07. The molecule has 1 heterocycles. The van der Waals surface area contributed by atoms with Gasteiger partial charge in [0.1, 0.15) is 0 Å². The molecule has 1 rings (SSSR count). The quantitative estimate of drug-likeness (QED) is 0.683. The van der Waals surface area contributed by atoms with E-state index in [4.69, 9.17) is 0 Å². The molecule has 0 amide bonds. The van der Waals surface area contributed by atoms with Crippen molar-refractivity contribution in [2.24, 2.45) is 0 Å². The fourth-order valence-corrected chi connectivity index (χ4v) is 1.88. The Balaban J connectivity index is 0.000000461. The molecule has 0 fully saturated rings. The van der Waals surface area contributed by atoms with Gasteiger partial charge in [-0.1, -0.05) is 26.5 Å². The lowest BCUT2D eigenvalue weighted by atomic mass is 10.5. The van der Waals surface area contributed by atoms with Gasteiger partial charge in [-0.3, -0.25) is 0 Å². The van der Waals surface area contributed by atoms with E-state index in [0.29, 0.717) is 0 Å². The van der Waals surface area contributed by atoms with Crippen molar-refractivity contribution in [3.05, 3.63) is 34.4 Å². The van der Waals surface area contributed by atoms with Crippen LogP contribution in [0.15, 0.2) is 29.5 Å². The smallest absolute Gasteiger partial charge is 0.0320 e. The van der Waals surface area contributed by atoms with E-state index in [0.717, 1.165) is 5.75 Å². The zero-order chi connectivity index (χ0) is 8.53. The number of thiophene rings is 1. The van der Waals surface area contributed by atoms with Crippen molar-refractivity contribution >= 4 is 23.1 Å². The van der Waals surface area contributed by atoms with Gasteiger partial charge >= 0.3 is 0 Å². The fourth-order valence-electron chi connectivity index (χ4n) is 0.536. The SMILES string of the molecule is C=CSCc1cccs1.CC. The van der Waals surface area contributed by atoms with Gasteiger partial charge in [-0.25, -0.2) is 0 Å². The lowest BCUT2D eigenvalue weighted by Crippen LogP contribution is -1.64. The maximum Gasteiger partial charge on any atom is 0.0320 e. The number of hydrogen-bond donors (Lipinski definition) is 0. The molecule has 0 aliphatic carbocycles. The number of hydrogen-bond acceptors (Lipinski definition) is 2. The molecule has 0 nitrogen and oxygen atoms in total. The third-order valence-corrected chi connectivity index (χ3v) is 2.70. The van der Waals surface area contributed by atoms with Gasteiger partial charge in [0.25, 0.3) is 0 Å². The molecule has 0 bridgehead atoms. The van der Waals surface area contributed by atoms with Crippen LogP contribution >= 0.6 is 23.1 Å². The average Bonchev–Trinajstić information content (AvgIpc) is 2.57. The molecule has 0 aliphatic rings. The highest BCUT2D eigenvalue weighted by atomic mass is 32.2. The summed E-state index contributed by atoms with van der Waals surface area (Å²) in [5.41, 5.74) is 0. The largest absolute Gasteiger partial charge is 0.148 e. The lowest BCUT2D eigenvalue weighted by Gasteiger charge is -1.87. The zero-order valence-electron chi connectivity index (χ0n) is 7.04. The Morgan fingerprint density at radius 3 is 2.82 bits per heavy atom. The molecule has 0 unspecified atom stereocenters. The Kier molecular flexibility index (Phi) is 7.74. The van der Waals surface area contributed by atoms with Gasteiger partial charge in [0.2, 0.25) is 0 Å². The molecule has 62 valence electrons. The molecule has 0 radical (unpaired) electrons. The molecule has 0 saturated heterocycles. The van der Waals surface area contributed by atoms with Crippen LogP contribution in [0, 0.1) is 0 Å². The summed E-state index contributed by atoms with van der Waals surface area (Å²) in [6, 6.07) is 4.21. The molecule has 1 aromatic rings. The Hall–Kier alpha value is -0.210. The van der Waals surface area contributed by atoms with Crippen molar-refractivity contribution in [3.8, 4) is 0 Å². The van der Waals surface area contributed by atoms with E-state index in [1.54, 1.807) is 23.1 Å². The molecule has 1 aromatic heterocycles. The van der Waals surface area contributed by atoms with Crippen LogP contribution < -0.4 is 0 Å². The maximum absolute atomic E-state index is 3.63. The van der Waals surface area contributed by atoms with Crippen LogP contribution in [0.3, 0.4) is 0 Å². The molecule has 2 heteroatoms. The van der Waals surface area contributed by atoms with Gasteiger partial charge in [0.15, 0.2) is 0 Å². The minimum Gasteiger partial charge on any atom is -0.148 e. The molecule has 0 spiro atoms. The summed E-state index contributed by atoms with van der Waals surface area (Å²) in [4.78, 5) is 1.42. The van der Waals surface area contributed by atoms with Gasteiger partial charge < -0.3 is 0 Å². The van der Waals surface area contributed by atoms with Gasteiger partial charge in [-0.05, 0) is 16.9 Å². The van der Waals surface area contributed by atoms with Crippen molar-refractivity contribution in [1.82, 2.24) is 0 Å². The van der Waals surface area contributed by atoms with E-state index < -0.39 is 0 Å². The molecular formula is C9H14S2. The van der Waals surface area contributed by atoms with Crippen molar-refractivity contribution < 1.29 is 0 Å². The van der Waals surface area contributed by atoms with Crippen LogP contribution in [0.5, 0.6) is 0 Å². The Morgan fingerprint density at radius 1 is 1.64 bits per heavy atom. The van der Waals surface area contributed by atoms with Crippen molar-refractivity contribution in [1.29, 1.82) is 0 Å². The van der Waals surface area contributed by atoms with E-state index in [1.807, 2.05) is 19.3 Å². The molecule has 0 atom stereocenters. The van der Waals surface area contributed by atoms with Crippen LogP contribution in [0.1, 0.15) is 18.7 Å². The first-order valence-corrected chi connectivity index (χ1v) is 5.61. The lowest BCUT2D eigenvalue weighted by molar-refractivity contribution is 1.50. The van der Waals surface area contributed by atoms with E-state index in [1.165, 1.54) is 4.88 Å². The van der Waals surface area contributed by atoms with Crippen LogP contribution in [-0.4, -0.2) is 0 Å². The summed E-state index contributed by atoms with van der Waals surface area (Å²) in [6.45, 7) is 7.63. The third kappa shape index (κ3) is 5.10. The second kappa shape index (κ2) is 7.89. The monoisotopic (exact) mass is 186 g/mol. The maximum atomic E-state index is 3.63. The first-order chi connectivity index (χ1) is 5.43. The Morgan fingerprint density at radius 2 is 2.36 bits per heavy atom. The number of rotatable bonds is 3. The van der Waals surface area contributed by atoms with Gasteiger partial charge in [0.05, 0.1) is 0 Å². The van der Waals surface area contributed by atoms with Crippen LogP contribution in [0.25, 0.3) is 0 Å². The predicted molar refractivity (Wildman–Crippen MR) is 57.2 cm³/mol. The van der Waals surface area contributed by atoms with Crippen molar-refractivity contribution in [2.45, 2.75) is 19.6 Å². The first-order valence-electron chi connectivity index (χ1n) is 3.68. The van der Waals surface area contributed by atoms with Crippen LogP contribution in [0.2, 0.25) is 0 Å². The third-order valence-electron chi connectivity index (χ3n) is 0.924. The summed E-state index contributed by atoms with van der Waals surface area (Å²) in [7, 11) is 0. The van der Waals surface area contributed by atoms with Gasteiger partial charge in [-0.2, -0.15) is 0 Å². The second-order valence-corrected chi connectivity index (χ2v) is 3.54. The van der Waals surface area contributed by atoms with Gasteiger partial charge in [0, 0.05) is 10.6 Å². The zero-order valence-corrected chi connectivity index (χ0v) is 8.67. The van der Waals surface area contributed by atoms with Crippen LogP contribution in [0.4, 0.5) is 0 Å². The minimum absolute atomic E-state index is 1.07. The van der Waals surface area contributed by atoms with E-state index in [9.17, 15) is 0 Å². The molecule has 0 saturated carbocycles. The topological polar surface area (TPSA) is 0 Å². The number of thioether (sulfide) groups is 1. The summed E-state index contributed by atoms with van der Waals surface area (Å²) >= 11 is 3.53. The highest BCUT2D eigenvalue weighted by molar-refractivity contribution is 8.01. The average molecular weight is 186 g/mol. The highest BCUT2D eigenvalue weighted by Gasteiger charge is 1.88. The second-order valence-electron chi connectivity index (χ2n) is 1.56. The highest BCUT2D eigenvalue weighted by Crippen LogP contribution is 2.16. The normalized spacial score (nSPS) is 8.18. The molecule has 0 N–H and O–H groups in total. The molecular weight excluding hydrogens is 172 g/mol. The van der Waals surface area contributed by atoms with E-state index in [2.05, 4.69) is 24.1 Å². The Labute approximate surface area is 77.3 Å². The summed E-state index contributed by atoms with van der Waals surface area (Å²) in [6.07, 6.45) is 0. The predicted octanol–water partition coefficient (Wildman–Crippen LogP) is 4.15. The van der Waals surface area contributed by atoms with Crippen LogP contribution in [-0.2, 0) is 5.75 Å². The van der Waals surface area contributed by atoms with Crippen molar-refractivity contribution in [3.63, 3.8) is 0 Å². The van der Waals surface area contributed by atoms with E-state index in [-0.39, 0.29) is 0 Å². The van der Waals surface area contributed by atoms with Gasteiger partial charge in [-0.15, -0.1) is 23.1 Å². The Bertz CT molecular complexity index is 166. The summed E-state index contributed by atoms with van der Waals surface area (Å²) in [5, 5.41) is 3.97. The summed E-state index contributed by atoms with van der Waals surface area (Å²) < 4.78 is 0. The molecule has 0 aliphatic heterocycles. The van der Waals surface area contributed by atoms with Crippen molar-refractivity contribution in [2.75, 3.05) is 0 Å². The molecule has 0 aromatic carbocycles. The molecule has 11 heavy (non-hydrogen) atoms. The first kappa shape index (κ1) is 10.8. The fraction of sp³-hybridized carbons (Fsp3) is 0.333. The summed E-state index contributed by atoms with van der Waals surface area (Å²) in [5.74, 6) is 1.07. The van der Waals surface area contributed by atoms with E-state index >= 15 is 0 Å².